The van der Waals surface area contributed by atoms with Crippen molar-refractivity contribution in [3.8, 4) is 0 Å². The summed E-state index contributed by atoms with van der Waals surface area (Å²) in [5.41, 5.74) is 2.16. The summed E-state index contributed by atoms with van der Waals surface area (Å²) in [6.07, 6.45) is 5.64. The minimum Gasteiger partial charge on any atom is -0.509 e. The van der Waals surface area contributed by atoms with E-state index in [1.165, 1.54) is 6.08 Å². The van der Waals surface area contributed by atoms with Crippen molar-refractivity contribution >= 4 is 11.6 Å². The number of aliphatic hydroxyl groups is 1. The van der Waals surface area contributed by atoms with Gasteiger partial charge in [0, 0.05) is 5.03 Å². The molecule has 0 aliphatic heterocycles. The van der Waals surface area contributed by atoms with Crippen molar-refractivity contribution in [2.24, 2.45) is 0 Å². The summed E-state index contributed by atoms with van der Waals surface area (Å²) in [5, 5.41) is 9.40. The summed E-state index contributed by atoms with van der Waals surface area (Å²) >= 11 is 6.04. The van der Waals surface area contributed by atoms with E-state index in [0.29, 0.717) is 16.2 Å². The second kappa shape index (κ2) is 6.91. The second-order valence-electron chi connectivity index (χ2n) is 3.33. The molecular weight excluding hydrogens is 220 g/mol. The highest BCUT2D eigenvalue weighted by atomic mass is 35.5. The van der Waals surface area contributed by atoms with Crippen LogP contribution in [0.2, 0.25) is 0 Å². The highest BCUT2D eigenvalue weighted by molar-refractivity contribution is 6.32. The van der Waals surface area contributed by atoms with E-state index in [2.05, 4.69) is 26.3 Å². The van der Waals surface area contributed by atoms with Crippen LogP contribution in [-0.2, 0) is 0 Å². The Morgan fingerprint density at radius 3 is 2.19 bits per heavy atom. The van der Waals surface area contributed by atoms with Crippen molar-refractivity contribution < 1.29 is 5.11 Å². The molecule has 0 spiro atoms. The summed E-state index contributed by atoms with van der Waals surface area (Å²) < 4.78 is 0. The Balaban J connectivity index is 4.69. The van der Waals surface area contributed by atoms with Gasteiger partial charge in [-0.25, -0.2) is 0 Å². The molecule has 0 unspecified atom stereocenters. The number of hydrogen-bond acceptors (Lipinski definition) is 1. The molecular formula is C14H17ClO. The molecule has 16 heavy (non-hydrogen) atoms. The minimum absolute atomic E-state index is 0.0352. The fraction of sp³-hybridized carbons (Fsp3) is 0.143. The summed E-state index contributed by atoms with van der Waals surface area (Å²) in [7, 11) is 0. The third-order valence-corrected chi connectivity index (χ3v) is 2.28. The lowest BCUT2D eigenvalue weighted by Gasteiger charge is -2.04. The zero-order chi connectivity index (χ0) is 12.7. The van der Waals surface area contributed by atoms with Gasteiger partial charge in [0.05, 0.1) is 0 Å². The van der Waals surface area contributed by atoms with Gasteiger partial charge in [0.15, 0.2) is 0 Å². The SMILES string of the molecule is C=C(O)/C=C\C(=C)C(=C)/C(Cl)=C\C(=C)CC. The van der Waals surface area contributed by atoms with Gasteiger partial charge in [0.25, 0.3) is 0 Å². The van der Waals surface area contributed by atoms with Crippen LogP contribution < -0.4 is 0 Å². The predicted octanol–water partition coefficient (Wildman–Crippen LogP) is 4.82. The summed E-state index contributed by atoms with van der Waals surface area (Å²) in [6, 6.07) is 0. The molecule has 0 amide bonds. The van der Waals surface area contributed by atoms with Crippen LogP contribution in [0.3, 0.4) is 0 Å². The molecule has 0 rings (SSSR count). The largest absolute Gasteiger partial charge is 0.509 e. The van der Waals surface area contributed by atoms with Gasteiger partial charge < -0.3 is 5.11 Å². The first-order valence-electron chi connectivity index (χ1n) is 4.88. The molecule has 0 aromatic rings. The number of allylic oxidation sites excluding steroid dienone is 7. The van der Waals surface area contributed by atoms with E-state index in [0.717, 1.165) is 12.0 Å². The van der Waals surface area contributed by atoms with Gasteiger partial charge in [-0.15, -0.1) is 0 Å². The lowest BCUT2D eigenvalue weighted by atomic mass is 10.1. The first-order valence-corrected chi connectivity index (χ1v) is 5.25. The van der Waals surface area contributed by atoms with E-state index in [4.69, 9.17) is 16.7 Å². The van der Waals surface area contributed by atoms with E-state index < -0.39 is 0 Å². The zero-order valence-electron chi connectivity index (χ0n) is 9.59. The molecule has 1 nitrogen and oxygen atoms in total. The average Bonchev–Trinajstić information content (AvgIpc) is 2.24. The molecule has 0 saturated carbocycles. The van der Waals surface area contributed by atoms with Crippen molar-refractivity contribution in [2.45, 2.75) is 13.3 Å². The fourth-order valence-corrected chi connectivity index (χ4v) is 1.09. The number of rotatable bonds is 6. The Hall–Kier alpha value is -1.47. The minimum atomic E-state index is -0.0352. The van der Waals surface area contributed by atoms with Gasteiger partial charge in [-0.1, -0.05) is 56.5 Å². The molecule has 0 fully saturated rings. The Morgan fingerprint density at radius 1 is 1.19 bits per heavy atom. The summed E-state index contributed by atoms with van der Waals surface area (Å²) in [6.45, 7) is 16.8. The summed E-state index contributed by atoms with van der Waals surface area (Å²) in [4.78, 5) is 0. The Kier molecular flexibility index (Phi) is 6.28. The molecule has 2 heteroatoms. The van der Waals surface area contributed by atoms with Crippen LogP contribution in [0.25, 0.3) is 0 Å². The van der Waals surface area contributed by atoms with Crippen LogP contribution in [0, 0.1) is 0 Å². The van der Waals surface area contributed by atoms with E-state index >= 15 is 0 Å². The van der Waals surface area contributed by atoms with Crippen molar-refractivity contribution in [1.82, 2.24) is 0 Å². The van der Waals surface area contributed by atoms with Gasteiger partial charge in [-0.2, -0.15) is 0 Å². The van der Waals surface area contributed by atoms with Crippen LogP contribution in [0.5, 0.6) is 0 Å². The quantitative estimate of drug-likeness (QED) is 0.518. The van der Waals surface area contributed by atoms with Crippen LogP contribution in [0.4, 0.5) is 0 Å². The Bertz CT molecular complexity index is 384. The molecule has 0 saturated heterocycles. The molecule has 0 aliphatic rings. The Labute approximate surface area is 102 Å². The first-order chi connectivity index (χ1) is 7.38. The smallest absolute Gasteiger partial charge is 0.108 e. The van der Waals surface area contributed by atoms with E-state index in [9.17, 15) is 0 Å². The molecule has 0 aromatic carbocycles. The molecule has 0 aromatic heterocycles. The standard InChI is InChI=1S/C14H17ClO/c1-6-10(2)9-14(15)13(5)11(3)7-8-12(4)16/h7-9,16H,2-6H2,1H3/b8-7-,14-9+. The van der Waals surface area contributed by atoms with Crippen LogP contribution >= 0.6 is 11.6 Å². The normalized spacial score (nSPS) is 11.5. The van der Waals surface area contributed by atoms with Gasteiger partial charge in [-0.05, 0) is 29.7 Å². The van der Waals surface area contributed by atoms with Crippen LogP contribution in [-0.4, -0.2) is 5.11 Å². The highest BCUT2D eigenvalue weighted by Gasteiger charge is 2.02. The maximum absolute atomic E-state index is 8.89. The molecule has 1 N–H and O–H groups in total. The highest BCUT2D eigenvalue weighted by Crippen LogP contribution is 2.22. The van der Waals surface area contributed by atoms with Crippen LogP contribution in [0.1, 0.15) is 13.3 Å². The lowest BCUT2D eigenvalue weighted by Crippen LogP contribution is -1.85. The first kappa shape index (κ1) is 14.5. The van der Waals surface area contributed by atoms with E-state index in [1.807, 2.05) is 6.92 Å². The molecule has 0 aliphatic carbocycles. The number of halogens is 1. The van der Waals surface area contributed by atoms with Gasteiger partial charge in [-0.3, -0.25) is 0 Å². The maximum Gasteiger partial charge on any atom is 0.108 e. The topological polar surface area (TPSA) is 20.2 Å². The third kappa shape index (κ3) is 5.42. The second-order valence-corrected chi connectivity index (χ2v) is 3.74. The van der Waals surface area contributed by atoms with E-state index in [-0.39, 0.29) is 5.76 Å². The number of hydrogen-bond donors (Lipinski definition) is 1. The van der Waals surface area contributed by atoms with Crippen molar-refractivity contribution in [1.29, 1.82) is 0 Å². The number of aliphatic hydroxyl groups excluding tert-OH is 1. The Morgan fingerprint density at radius 2 is 1.75 bits per heavy atom. The van der Waals surface area contributed by atoms with Crippen molar-refractivity contribution in [3.63, 3.8) is 0 Å². The average molecular weight is 237 g/mol. The monoisotopic (exact) mass is 236 g/mol. The molecule has 0 atom stereocenters. The third-order valence-electron chi connectivity index (χ3n) is 1.94. The molecule has 86 valence electrons. The van der Waals surface area contributed by atoms with E-state index in [1.54, 1.807) is 12.2 Å². The fourth-order valence-electron chi connectivity index (χ4n) is 0.819. The summed E-state index contributed by atoms with van der Waals surface area (Å²) in [5.74, 6) is -0.0352. The van der Waals surface area contributed by atoms with Gasteiger partial charge >= 0.3 is 0 Å². The molecule has 0 radical (unpaired) electrons. The predicted molar refractivity (Wildman–Crippen MR) is 72.6 cm³/mol. The molecule has 0 bridgehead atoms. The van der Waals surface area contributed by atoms with Gasteiger partial charge in [0.2, 0.25) is 0 Å². The van der Waals surface area contributed by atoms with Crippen molar-refractivity contribution in [3.05, 3.63) is 72.1 Å². The lowest BCUT2D eigenvalue weighted by molar-refractivity contribution is 0.435. The molecule has 0 heterocycles. The van der Waals surface area contributed by atoms with Crippen molar-refractivity contribution in [2.75, 3.05) is 0 Å². The zero-order valence-corrected chi connectivity index (χ0v) is 10.3. The maximum atomic E-state index is 8.89. The van der Waals surface area contributed by atoms with Gasteiger partial charge in [0.1, 0.15) is 5.76 Å². The van der Waals surface area contributed by atoms with Crippen LogP contribution in [0.15, 0.2) is 72.1 Å².